The van der Waals surface area contributed by atoms with E-state index in [9.17, 15) is 9.90 Å². The molecule has 0 bridgehead atoms. The van der Waals surface area contributed by atoms with Gasteiger partial charge in [-0.3, -0.25) is 4.90 Å². The van der Waals surface area contributed by atoms with Gasteiger partial charge in [0.05, 0.1) is 5.56 Å². The van der Waals surface area contributed by atoms with Gasteiger partial charge in [0.15, 0.2) is 0 Å². The van der Waals surface area contributed by atoms with Crippen molar-refractivity contribution in [2.75, 3.05) is 0 Å². The molecule has 0 spiro atoms. The monoisotopic (exact) mass is 407 g/mol. The molecule has 3 nitrogen and oxygen atoms in total. The maximum absolute atomic E-state index is 11.4. The predicted molar refractivity (Wildman–Crippen MR) is 125 cm³/mol. The van der Waals surface area contributed by atoms with Crippen molar-refractivity contribution in [3.05, 3.63) is 131 Å². The molecule has 0 aliphatic carbocycles. The van der Waals surface area contributed by atoms with Crippen LogP contribution in [0.5, 0.6) is 0 Å². The van der Waals surface area contributed by atoms with Gasteiger partial charge < -0.3 is 5.11 Å². The van der Waals surface area contributed by atoms with Gasteiger partial charge in [0, 0.05) is 19.6 Å². The van der Waals surface area contributed by atoms with Gasteiger partial charge >= 0.3 is 5.97 Å². The first kappa shape index (κ1) is 20.6. The highest BCUT2D eigenvalue weighted by Gasteiger charge is 2.13. The van der Waals surface area contributed by atoms with E-state index in [1.54, 1.807) is 18.2 Å². The van der Waals surface area contributed by atoms with Gasteiger partial charge in [-0.05, 0) is 39.9 Å². The van der Waals surface area contributed by atoms with E-state index in [0.717, 1.165) is 30.8 Å². The van der Waals surface area contributed by atoms with Crippen molar-refractivity contribution in [3.8, 4) is 11.1 Å². The van der Waals surface area contributed by atoms with Crippen LogP contribution in [0, 0.1) is 0 Å². The normalized spacial score (nSPS) is 10.9. The van der Waals surface area contributed by atoms with E-state index >= 15 is 0 Å². The molecule has 0 saturated carbocycles. The van der Waals surface area contributed by atoms with Crippen LogP contribution in [0.2, 0.25) is 0 Å². The quantitative estimate of drug-likeness (QED) is 0.375. The Labute approximate surface area is 183 Å². The standard InChI is InChI=1S/C28H25NO2/c30-28(31)25-16-9-15-24(18-25)27-17-8-7-14-26(27)21-29(19-22-10-3-1-4-11-22)20-23-12-5-2-6-13-23/h1-18H,19-21H2,(H,30,31). The van der Waals surface area contributed by atoms with Crippen LogP contribution in [-0.4, -0.2) is 16.0 Å². The molecule has 3 heteroatoms. The van der Waals surface area contributed by atoms with Crippen LogP contribution < -0.4 is 0 Å². The van der Waals surface area contributed by atoms with Gasteiger partial charge in [-0.25, -0.2) is 4.79 Å². The molecule has 4 rings (SSSR count). The summed E-state index contributed by atoms with van der Waals surface area (Å²) in [6, 6.07) is 36.4. The third-order valence-electron chi connectivity index (χ3n) is 5.33. The minimum atomic E-state index is -0.908. The first-order valence-corrected chi connectivity index (χ1v) is 10.4. The molecule has 0 radical (unpaired) electrons. The molecule has 0 atom stereocenters. The first-order chi connectivity index (χ1) is 15.2. The zero-order chi connectivity index (χ0) is 21.5. The van der Waals surface area contributed by atoms with Crippen molar-refractivity contribution in [1.82, 2.24) is 4.90 Å². The van der Waals surface area contributed by atoms with Crippen LogP contribution in [0.1, 0.15) is 27.0 Å². The molecule has 4 aromatic carbocycles. The zero-order valence-electron chi connectivity index (χ0n) is 17.3. The summed E-state index contributed by atoms with van der Waals surface area (Å²) < 4.78 is 0. The molecular weight excluding hydrogens is 382 g/mol. The molecule has 154 valence electrons. The predicted octanol–water partition coefficient (Wildman–Crippen LogP) is 6.25. The lowest BCUT2D eigenvalue weighted by Gasteiger charge is -2.24. The second-order valence-electron chi connectivity index (χ2n) is 7.66. The molecule has 0 aliphatic rings. The SMILES string of the molecule is O=C(O)c1cccc(-c2ccccc2CN(Cc2ccccc2)Cc2ccccc2)c1. The lowest BCUT2D eigenvalue weighted by atomic mass is 9.97. The molecule has 4 aromatic rings. The molecule has 1 N–H and O–H groups in total. The van der Waals surface area contributed by atoms with Crippen molar-refractivity contribution in [3.63, 3.8) is 0 Å². The Kier molecular flexibility index (Phi) is 6.56. The summed E-state index contributed by atoms with van der Waals surface area (Å²) in [5.41, 5.74) is 6.01. The van der Waals surface area contributed by atoms with Gasteiger partial charge in [-0.1, -0.05) is 97.1 Å². The summed E-state index contributed by atoms with van der Waals surface area (Å²) in [5.74, 6) is -0.908. The van der Waals surface area contributed by atoms with Gasteiger partial charge in [0.1, 0.15) is 0 Å². The molecule has 0 aromatic heterocycles. The molecule has 0 unspecified atom stereocenters. The minimum absolute atomic E-state index is 0.303. The van der Waals surface area contributed by atoms with Crippen LogP contribution in [0.15, 0.2) is 109 Å². The van der Waals surface area contributed by atoms with Crippen molar-refractivity contribution in [2.45, 2.75) is 19.6 Å². The third kappa shape index (κ3) is 5.47. The average Bonchev–Trinajstić information content (AvgIpc) is 2.81. The smallest absolute Gasteiger partial charge is 0.335 e. The number of carboxylic acids is 1. The van der Waals surface area contributed by atoms with E-state index in [4.69, 9.17) is 0 Å². The average molecular weight is 408 g/mol. The first-order valence-electron chi connectivity index (χ1n) is 10.4. The molecule has 31 heavy (non-hydrogen) atoms. The maximum atomic E-state index is 11.4. The van der Waals surface area contributed by atoms with Gasteiger partial charge in [-0.15, -0.1) is 0 Å². The lowest BCUT2D eigenvalue weighted by molar-refractivity contribution is 0.0697. The number of nitrogens with zero attached hydrogens (tertiary/aromatic N) is 1. The number of rotatable bonds is 8. The van der Waals surface area contributed by atoms with Crippen molar-refractivity contribution < 1.29 is 9.90 Å². The van der Waals surface area contributed by atoms with Crippen LogP contribution in [0.4, 0.5) is 0 Å². The van der Waals surface area contributed by atoms with E-state index in [-0.39, 0.29) is 0 Å². The summed E-state index contributed by atoms with van der Waals surface area (Å²) in [5, 5.41) is 9.39. The Balaban J connectivity index is 1.65. The van der Waals surface area contributed by atoms with Gasteiger partial charge in [-0.2, -0.15) is 0 Å². The largest absolute Gasteiger partial charge is 0.478 e. The van der Waals surface area contributed by atoms with E-state index in [2.05, 4.69) is 65.6 Å². The van der Waals surface area contributed by atoms with E-state index in [0.29, 0.717) is 5.56 Å². The fourth-order valence-electron chi connectivity index (χ4n) is 3.85. The minimum Gasteiger partial charge on any atom is -0.478 e. The zero-order valence-corrected chi connectivity index (χ0v) is 17.3. The fraction of sp³-hybridized carbons (Fsp3) is 0.107. The van der Waals surface area contributed by atoms with Crippen molar-refractivity contribution in [1.29, 1.82) is 0 Å². The Morgan fingerprint density at radius 1 is 0.645 bits per heavy atom. The number of carbonyl (C=O) groups is 1. The fourth-order valence-corrected chi connectivity index (χ4v) is 3.85. The molecule has 0 fully saturated rings. The lowest BCUT2D eigenvalue weighted by Crippen LogP contribution is -2.22. The molecule has 0 saturated heterocycles. The Bertz CT molecular complexity index is 1100. The number of aromatic carboxylic acids is 1. The number of hydrogen-bond donors (Lipinski definition) is 1. The summed E-state index contributed by atoms with van der Waals surface area (Å²) in [4.78, 5) is 13.9. The number of carboxylic acid groups (broad SMARTS) is 1. The van der Waals surface area contributed by atoms with Crippen LogP contribution in [0.3, 0.4) is 0 Å². The Morgan fingerprint density at radius 3 is 1.84 bits per heavy atom. The highest BCUT2D eigenvalue weighted by atomic mass is 16.4. The highest BCUT2D eigenvalue weighted by Crippen LogP contribution is 2.27. The third-order valence-corrected chi connectivity index (χ3v) is 5.33. The summed E-state index contributed by atoms with van der Waals surface area (Å²) >= 11 is 0. The maximum Gasteiger partial charge on any atom is 0.335 e. The second kappa shape index (κ2) is 9.88. The molecule has 0 heterocycles. The number of hydrogen-bond acceptors (Lipinski definition) is 2. The van der Waals surface area contributed by atoms with Crippen LogP contribution in [-0.2, 0) is 19.6 Å². The van der Waals surface area contributed by atoms with E-state index in [1.807, 2.05) is 30.3 Å². The second-order valence-corrected chi connectivity index (χ2v) is 7.66. The molecular formula is C28H25NO2. The van der Waals surface area contributed by atoms with E-state index in [1.165, 1.54) is 16.7 Å². The van der Waals surface area contributed by atoms with E-state index < -0.39 is 5.97 Å². The van der Waals surface area contributed by atoms with Gasteiger partial charge in [0.2, 0.25) is 0 Å². The summed E-state index contributed by atoms with van der Waals surface area (Å²) in [6.07, 6.45) is 0. The van der Waals surface area contributed by atoms with Crippen LogP contribution >= 0.6 is 0 Å². The highest BCUT2D eigenvalue weighted by molar-refractivity contribution is 5.89. The molecule has 0 aliphatic heterocycles. The summed E-state index contributed by atoms with van der Waals surface area (Å²) in [6.45, 7) is 2.43. The topological polar surface area (TPSA) is 40.5 Å². The van der Waals surface area contributed by atoms with Crippen LogP contribution in [0.25, 0.3) is 11.1 Å². The Hall–Kier alpha value is -3.69. The van der Waals surface area contributed by atoms with Crippen molar-refractivity contribution in [2.24, 2.45) is 0 Å². The number of benzene rings is 4. The summed E-state index contributed by atoms with van der Waals surface area (Å²) in [7, 11) is 0. The van der Waals surface area contributed by atoms with Gasteiger partial charge in [0.25, 0.3) is 0 Å². The Morgan fingerprint density at radius 2 is 1.23 bits per heavy atom. The van der Waals surface area contributed by atoms with Crippen molar-refractivity contribution >= 4 is 5.97 Å². The molecule has 0 amide bonds.